The first-order valence-electron chi connectivity index (χ1n) is 8.86. The lowest BCUT2D eigenvalue weighted by molar-refractivity contribution is -0.129. The summed E-state index contributed by atoms with van der Waals surface area (Å²) in [5.41, 5.74) is 1.87. The molecule has 7 heteroatoms. The summed E-state index contributed by atoms with van der Waals surface area (Å²) in [6, 6.07) is 13.4. The van der Waals surface area contributed by atoms with Crippen LogP contribution in [0.15, 0.2) is 65.5 Å². The minimum Gasteiger partial charge on any atom is -0.467 e. The van der Waals surface area contributed by atoms with Gasteiger partial charge in [-0.25, -0.2) is 4.68 Å². The fourth-order valence-electron chi connectivity index (χ4n) is 3.20. The standard InChI is InChI=1S/C20H20N4O3/c25-19-9-16(13-23(19)14-18-7-4-8-27-18)20(26)21-10-15-11-22-24(12-15)17-5-2-1-3-6-17/h1-8,11-12,16H,9-10,13-14H2,(H,21,26). The van der Waals surface area contributed by atoms with E-state index in [4.69, 9.17) is 4.42 Å². The number of carbonyl (C=O) groups is 2. The van der Waals surface area contributed by atoms with Gasteiger partial charge in [0.25, 0.3) is 0 Å². The molecule has 0 radical (unpaired) electrons. The molecule has 1 saturated heterocycles. The van der Waals surface area contributed by atoms with Crippen molar-refractivity contribution in [3.8, 4) is 5.69 Å². The number of hydrogen-bond acceptors (Lipinski definition) is 4. The van der Waals surface area contributed by atoms with E-state index in [9.17, 15) is 9.59 Å². The number of amides is 2. The highest BCUT2D eigenvalue weighted by Gasteiger charge is 2.34. The normalized spacial score (nSPS) is 16.7. The lowest BCUT2D eigenvalue weighted by Crippen LogP contribution is -2.32. The maximum atomic E-state index is 12.4. The molecule has 0 aliphatic carbocycles. The number of nitrogens with one attached hydrogen (secondary N) is 1. The van der Waals surface area contributed by atoms with E-state index in [-0.39, 0.29) is 24.2 Å². The van der Waals surface area contributed by atoms with E-state index in [2.05, 4.69) is 10.4 Å². The van der Waals surface area contributed by atoms with E-state index in [0.717, 1.165) is 17.0 Å². The van der Waals surface area contributed by atoms with Gasteiger partial charge < -0.3 is 14.6 Å². The average Bonchev–Trinajstić information content (AvgIpc) is 3.43. The largest absolute Gasteiger partial charge is 0.467 e. The number of furan rings is 1. The highest BCUT2D eigenvalue weighted by Crippen LogP contribution is 2.20. The Bertz CT molecular complexity index is 918. The summed E-state index contributed by atoms with van der Waals surface area (Å²) in [5, 5.41) is 7.23. The van der Waals surface area contributed by atoms with Crippen LogP contribution in [0.4, 0.5) is 0 Å². The Morgan fingerprint density at radius 1 is 1.22 bits per heavy atom. The van der Waals surface area contributed by atoms with Crippen LogP contribution in [0.1, 0.15) is 17.7 Å². The summed E-state index contributed by atoms with van der Waals surface area (Å²) < 4.78 is 7.05. The zero-order valence-corrected chi connectivity index (χ0v) is 14.7. The predicted octanol–water partition coefficient (Wildman–Crippen LogP) is 2.13. The minimum atomic E-state index is -0.336. The summed E-state index contributed by atoms with van der Waals surface area (Å²) >= 11 is 0. The molecule has 1 aromatic carbocycles. The van der Waals surface area contributed by atoms with E-state index in [1.54, 1.807) is 28.1 Å². The molecule has 1 N–H and O–H groups in total. The van der Waals surface area contributed by atoms with Gasteiger partial charge in [-0.2, -0.15) is 5.10 Å². The molecule has 7 nitrogen and oxygen atoms in total. The quantitative estimate of drug-likeness (QED) is 0.727. The summed E-state index contributed by atoms with van der Waals surface area (Å²) in [4.78, 5) is 26.3. The molecule has 2 amide bonds. The van der Waals surface area contributed by atoms with Gasteiger partial charge in [-0.15, -0.1) is 0 Å². The Morgan fingerprint density at radius 2 is 2.07 bits per heavy atom. The van der Waals surface area contributed by atoms with E-state index in [1.165, 1.54) is 0 Å². The number of hydrogen-bond donors (Lipinski definition) is 1. The monoisotopic (exact) mass is 364 g/mol. The second kappa shape index (κ2) is 7.49. The zero-order chi connectivity index (χ0) is 18.6. The average molecular weight is 364 g/mol. The van der Waals surface area contributed by atoms with E-state index in [0.29, 0.717) is 19.6 Å². The molecule has 0 saturated carbocycles. The van der Waals surface area contributed by atoms with Crippen LogP contribution >= 0.6 is 0 Å². The first kappa shape index (κ1) is 17.1. The molecule has 1 aliphatic rings. The number of para-hydroxylation sites is 1. The molecule has 138 valence electrons. The van der Waals surface area contributed by atoms with Gasteiger partial charge >= 0.3 is 0 Å². The summed E-state index contributed by atoms with van der Waals surface area (Å²) in [6.45, 7) is 1.20. The molecule has 3 heterocycles. The van der Waals surface area contributed by atoms with Gasteiger partial charge in [0.05, 0.1) is 30.6 Å². The van der Waals surface area contributed by atoms with Gasteiger partial charge in [0.1, 0.15) is 5.76 Å². The molecule has 1 fully saturated rings. The van der Waals surface area contributed by atoms with Crippen molar-refractivity contribution >= 4 is 11.8 Å². The first-order chi connectivity index (χ1) is 13.2. The lowest BCUT2D eigenvalue weighted by atomic mass is 10.1. The van der Waals surface area contributed by atoms with Gasteiger partial charge in [0.15, 0.2) is 0 Å². The first-order valence-corrected chi connectivity index (χ1v) is 8.86. The van der Waals surface area contributed by atoms with Crippen molar-refractivity contribution in [1.29, 1.82) is 0 Å². The van der Waals surface area contributed by atoms with Crippen LogP contribution in [0.25, 0.3) is 5.69 Å². The molecule has 27 heavy (non-hydrogen) atoms. The lowest BCUT2D eigenvalue weighted by Gasteiger charge is -2.14. The van der Waals surface area contributed by atoms with Crippen molar-refractivity contribution in [2.75, 3.05) is 6.54 Å². The fourth-order valence-corrected chi connectivity index (χ4v) is 3.20. The third-order valence-corrected chi connectivity index (χ3v) is 4.64. The zero-order valence-electron chi connectivity index (χ0n) is 14.7. The minimum absolute atomic E-state index is 0.0246. The van der Waals surface area contributed by atoms with Crippen LogP contribution in [0.5, 0.6) is 0 Å². The molecule has 3 aromatic rings. The van der Waals surface area contributed by atoms with Gasteiger partial charge in [-0.1, -0.05) is 18.2 Å². The third kappa shape index (κ3) is 3.92. The SMILES string of the molecule is O=C(NCc1cnn(-c2ccccc2)c1)C1CC(=O)N(Cc2ccco2)C1. The number of aromatic nitrogens is 2. The number of benzene rings is 1. The number of nitrogens with zero attached hydrogens (tertiary/aromatic N) is 3. The summed E-state index contributed by atoms with van der Waals surface area (Å²) in [5.74, 6) is 0.246. The molecule has 2 aromatic heterocycles. The van der Waals surface area contributed by atoms with Crippen molar-refractivity contribution in [2.24, 2.45) is 5.92 Å². The topological polar surface area (TPSA) is 80.4 Å². The maximum Gasteiger partial charge on any atom is 0.225 e. The highest BCUT2D eigenvalue weighted by atomic mass is 16.3. The molecule has 0 spiro atoms. The second-order valence-electron chi connectivity index (χ2n) is 6.60. The predicted molar refractivity (Wildman–Crippen MR) is 97.6 cm³/mol. The fraction of sp³-hybridized carbons (Fsp3) is 0.250. The smallest absolute Gasteiger partial charge is 0.225 e. The van der Waals surface area contributed by atoms with Gasteiger partial charge in [0, 0.05) is 31.3 Å². The van der Waals surface area contributed by atoms with Crippen LogP contribution in [0.3, 0.4) is 0 Å². The van der Waals surface area contributed by atoms with Crippen LogP contribution in [-0.4, -0.2) is 33.0 Å². The number of likely N-dealkylation sites (tertiary alicyclic amines) is 1. The van der Waals surface area contributed by atoms with Crippen molar-refractivity contribution in [3.63, 3.8) is 0 Å². The van der Waals surface area contributed by atoms with Crippen molar-refractivity contribution in [3.05, 3.63) is 72.4 Å². The van der Waals surface area contributed by atoms with Crippen LogP contribution in [0, 0.1) is 5.92 Å². The molecule has 4 rings (SSSR count). The Kier molecular flexibility index (Phi) is 4.74. The van der Waals surface area contributed by atoms with Crippen molar-refractivity contribution in [2.45, 2.75) is 19.5 Å². The highest BCUT2D eigenvalue weighted by molar-refractivity contribution is 5.89. The third-order valence-electron chi connectivity index (χ3n) is 4.64. The Balaban J connectivity index is 1.31. The Hall–Kier alpha value is -3.35. The number of rotatable bonds is 6. The molecule has 1 aliphatic heterocycles. The van der Waals surface area contributed by atoms with E-state index >= 15 is 0 Å². The van der Waals surface area contributed by atoms with Gasteiger partial charge in [-0.3, -0.25) is 9.59 Å². The van der Waals surface area contributed by atoms with Crippen LogP contribution < -0.4 is 5.32 Å². The van der Waals surface area contributed by atoms with Crippen molar-refractivity contribution < 1.29 is 14.0 Å². The summed E-state index contributed by atoms with van der Waals surface area (Å²) in [7, 11) is 0. The molecule has 1 atom stereocenters. The molecule has 1 unspecified atom stereocenters. The maximum absolute atomic E-state index is 12.4. The summed E-state index contributed by atoms with van der Waals surface area (Å²) in [6.07, 6.45) is 5.43. The van der Waals surface area contributed by atoms with E-state index < -0.39 is 0 Å². The van der Waals surface area contributed by atoms with Crippen LogP contribution in [0.2, 0.25) is 0 Å². The molecular weight excluding hydrogens is 344 g/mol. The molecule has 0 bridgehead atoms. The Labute approximate surface area is 156 Å². The Morgan fingerprint density at radius 3 is 2.85 bits per heavy atom. The number of carbonyl (C=O) groups excluding carboxylic acids is 2. The van der Waals surface area contributed by atoms with Crippen LogP contribution in [-0.2, 0) is 22.7 Å². The van der Waals surface area contributed by atoms with Gasteiger partial charge in [0.2, 0.25) is 11.8 Å². The van der Waals surface area contributed by atoms with Crippen molar-refractivity contribution in [1.82, 2.24) is 20.0 Å². The second-order valence-corrected chi connectivity index (χ2v) is 6.60. The molecular formula is C20H20N4O3. The van der Waals surface area contributed by atoms with E-state index in [1.807, 2.05) is 42.6 Å². The van der Waals surface area contributed by atoms with Gasteiger partial charge in [-0.05, 0) is 24.3 Å².